The van der Waals surface area contributed by atoms with Crippen molar-refractivity contribution in [2.24, 2.45) is 0 Å². The van der Waals surface area contributed by atoms with Gasteiger partial charge in [-0.05, 0) is 23.7 Å². The maximum absolute atomic E-state index is 4.89. The maximum atomic E-state index is 4.89. The minimum absolute atomic E-state index is 0. The normalized spacial score (nSPS) is 10.2. The zero-order valence-electron chi connectivity index (χ0n) is 15.8. The van der Waals surface area contributed by atoms with Crippen molar-refractivity contribution in [2.75, 3.05) is 5.32 Å². The summed E-state index contributed by atoms with van der Waals surface area (Å²) in [4.78, 5) is 0. The number of nitrogens with zero attached hydrogens (tertiary/aromatic N) is 1. The Bertz CT molecular complexity index is 702. The van der Waals surface area contributed by atoms with Crippen LogP contribution in [0, 0.1) is 19.2 Å². The third-order valence-electron chi connectivity index (χ3n) is 3.47. The first-order valence-electron chi connectivity index (χ1n) is 8.04. The van der Waals surface area contributed by atoms with E-state index in [9.17, 15) is 0 Å². The number of aromatic nitrogens is 1. The van der Waals surface area contributed by atoms with Crippen LogP contribution in [0.5, 0.6) is 0 Å². The molecule has 0 amide bonds. The molecular weight excluding hydrogens is 335 g/mol. The number of benzene rings is 2. The van der Waals surface area contributed by atoms with E-state index in [0.29, 0.717) is 0 Å². The molecule has 0 aliphatic carbocycles. The molecule has 3 rings (SSSR count). The fourth-order valence-electron chi connectivity index (χ4n) is 1.96. The molecule has 0 saturated heterocycles. The molecule has 1 N–H and O–H groups in total. The van der Waals surface area contributed by atoms with Crippen LogP contribution in [0.25, 0.3) is 0 Å². The topological polar surface area (TPSA) is 38.1 Å². The van der Waals surface area contributed by atoms with Crippen molar-refractivity contribution < 1.29 is 55.9 Å². The van der Waals surface area contributed by atoms with Gasteiger partial charge in [0.15, 0.2) is 0 Å². The summed E-state index contributed by atoms with van der Waals surface area (Å²) < 4.78 is 4.89. The molecule has 0 aliphatic rings. The molecule has 0 aliphatic heterocycles. The Balaban J connectivity index is 0.000000270. The largest absolute Gasteiger partial charge is 1.00 e. The summed E-state index contributed by atoms with van der Waals surface area (Å²) in [5.41, 5.74) is 3.79. The average Bonchev–Trinajstić information content (AvgIpc) is 3.11. The van der Waals surface area contributed by atoms with Crippen LogP contribution in [0.4, 0.5) is 5.69 Å². The Morgan fingerprint density at radius 3 is 2.16 bits per heavy atom. The van der Waals surface area contributed by atoms with Crippen LogP contribution in [-0.4, -0.2) is 5.16 Å². The van der Waals surface area contributed by atoms with Gasteiger partial charge >= 0.3 is 51.4 Å². The van der Waals surface area contributed by atoms with Crippen molar-refractivity contribution in [3.05, 3.63) is 83.7 Å². The minimum atomic E-state index is 0. The zero-order chi connectivity index (χ0) is 17.4. The van der Waals surface area contributed by atoms with Gasteiger partial charge in [0.05, 0.1) is 0 Å². The smallest absolute Gasteiger partial charge is 0.470 e. The van der Waals surface area contributed by atoms with E-state index in [0.717, 1.165) is 18.0 Å². The monoisotopic (exact) mass is 359 g/mol. The van der Waals surface area contributed by atoms with Gasteiger partial charge in [-0.25, -0.2) is 5.16 Å². The molecule has 3 aromatic rings. The molecule has 0 unspecified atom stereocenters. The van der Waals surface area contributed by atoms with E-state index in [1.54, 1.807) is 6.07 Å². The quantitative estimate of drug-likeness (QED) is 0.575. The molecule has 0 atom stereocenters. The third kappa shape index (κ3) is 8.34. The summed E-state index contributed by atoms with van der Waals surface area (Å²) in [6.07, 6.45) is 2.62. The van der Waals surface area contributed by atoms with Gasteiger partial charge in [0.25, 0.3) is 0 Å². The SMILES string of the molecule is CC(C)(C)c1c[c-]no1.Cc1ccc(CNc2cc[c-]cc2)cc1.[K+]. The summed E-state index contributed by atoms with van der Waals surface area (Å²) in [6, 6.07) is 21.2. The molecule has 4 heteroatoms. The number of rotatable bonds is 3. The predicted molar refractivity (Wildman–Crippen MR) is 97.8 cm³/mol. The van der Waals surface area contributed by atoms with Crippen molar-refractivity contribution in [2.45, 2.75) is 39.7 Å². The Labute approximate surface area is 193 Å². The van der Waals surface area contributed by atoms with Crippen LogP contribution in [-0.2, 0) is 12.0 Å². The van der Waals surface area contributed by atoms with Gasteiger partial charge in [-0.2, -0.15) is 24.3 Å². The molecule has 1 heterocycles. The summed E-state index contributed by atoms with van der Waals surface area (Å²) in [5, 5.41) is 6.85. The molecule has 25 heavy (non-hydrogen) atoms. The molecule has 126 valence electrons. The first-order valence-corrected chi connectivity index (χ1v) is 8.04. The van der Waals surface area contributed by atoms with Crippen molar-refractivity contribution >= 4 is 5.69 Å². The summed E-state index contributed by atoms with van der Waals surface area (Å²) in [7, 11) is 0. The molecule has 0 saturated carbocycles. The Morgan fingerprint density at radius 2 is 1.68 bits per heavy atom. The van der Waals surface area contributed by atoms with E-state index in [1.165, 1.54) is 11.1 Å². The third-order valence-corrected chi connectivity index (χ3v) is 3.47. The maximum Gasteiger partial charge on any atom is 1.00 e. The molecule has 3 nitrogen and oxygen atoms in total. The van der Waals surface area contributed by atoms with Gasteiger partial charge in [0.1, 0.15) is 0 Å². The number of aryl methyl sites for hydroxylation is 1. The first kappa shape index (κ1) is 22.1. The minimum Gasteiger partial charge on any atom is -0.470 e. The van der Waals surface area contributed by atoms with Crippen LogP contribution in [0.1, 0.15) is 37.7 Å². The molecule has 0 spiro atoms. The van der Waals surface area contributed by atoms with Crippen LogP contribution in [0.15, 0.2) is 59.1 Å². The van der Waals surface area contributed by atoms with E-state index in [-0.39, 0.29) is 56.8 Å². The van der Waals surface area contributed by atoms with Crippen LogP contribution < -0.4 is 56.7 Å². The molecule has 0 fully saturated rings. The van der Waals surface area contributed by atoms with E-state index in [1.807, 2.05) is 24.3 Å². The fourth-order valence-corrected chi connectivity index (χ4v) is 1.96. The zero-order valence-corrected chi connectivity index (χ0v) is 18.9. The van der Waals surface area contributed by atoms with E-state index in [2.05, 4.69) is 74.7 Å². The summed E-state index contributed by atoms with van der Waals surface area (Å²) in [5.74, 6) is 0.877. The summed E-state index contributed by atoms with van der Waals surface area (Å²) >= 11 is 0. The van der Waals surface area contributed by atoms with Crippen molar-refractivity contribution in [1.29, 1.82) is 0 Å². The van der Waals surface area contributed by atoms with Crippen molar-refractivity contribution in [3.8, 4) is 0 Å². The van der Waals surface area contributed by atoms with E-state index in [4.69, 9.17) is 4.52 Å². The standard InChI is InChI=1S/C14H14N.C7H10NO.K/c1-12-7-9-13(10-8-12)11-15-14-5-3-2-4-6-14;1-7(2,3)6-4-5-8-9-6;/h3-10,15H,11H2,1H3;4H,1-3H3;/q2*-1;+1. The van der Waals surface area contributed by atoms with Crippen molar-refractivity contribution in [1.82, 2.24) is 5.16 Å². The van der Waals surface area contributed by atoms with Gasteiger partial charge in [0.2, 0.25) is 0 Å². The van der Waals surface area contributed by atoms with Gasteiger partial charge < -0.3 is 9.84 Å². The number of hydrogen-bond donors (Lipinski definition) is 1. The van der Waals surface area contributed by atoms with Gasteiger partial charge in [-0.3, -0.25) is 0 Å². The second-order valence-corrected chi connectivity index (χ2v) is 6.70. The number of anilines is 1. The van der Waals surface area contributed by atoms with E-state index < -0.39 is 0 Å². The Hall–Kier alpha value is -0.914. The van der Waals surface area contributed by atoms with Crippen LogP contribution in [0.2, 0.25) is 0 Å². The van der Waals surface area contributed by atoms with Crippen LogP contribution >= 0.6 is 0 Å². The van der Waals surface area contributed by atoms with Gasteiger partial charge in [-0.15, -0.1) is 18.3 Å². The van der Waals surface area contributed by atoms with Crippen LogP contribution in [0.3, 0.4) is 0 Å². The molecule has 2 aromatic carbocycles. The fraction of sp³-hybridized carbons (Fsp3) is 0.286. The predicted octanol–water partition coefficient (Wildman–Crippen LogP) is 2.18. The average molecular weight is 360 g/mol. The van der Waals surface area contributed by atoms with Crippen molar-refractivity contribution in [3.63, 3.8) is 0 Å². The second-order valence-electron chi connectivity index (χ2n) is 6.70. The Morgan fingerprint density at radius 1 is 1.04 bits per heavy atom. The molecule has 0 radical (unpaired) electrons. The Kier molecular flexibility index (Phi) is 9.68. The summed E-state index contributed by atoms with van der Waals surface area (Å²) in [6.45, 7) is 9.18. The van der Waals surface area contributed by atoms with Gasteiger partial charge in [-0.1, -0.05) is 56.3 Å². The molecular formula is C21H24KN2O-. The first-order chi connectivity index (χ1) is 11.4. The number of hydrogen-bond acceptors (Lipinski definition) is 3. The van der Waals surface area contributed by atoms with E-state index >= 15 is 0 Å². The number of nitrogens with one attached hydrogen (secondary N) is 1. The van der Waals surface area contributed by atoms with Gasteiger partial charge in [0, 0.05) is 6.54 Å². The molecule has 0 bridgehead atoms. The molecule has 1 aromatic heterocycles. The second kappa shape index (κ2) is 10.9.